The molecule has 0 saturated heterocycles. The average molecular weight is 421 g/mol. The number of hydrogen-bond acceptors (Lipinski definition) is 1. The summed E-state index contributed by atoms with van der Waals surface area (Å²) in [5.41, 5.74) is 3.66. The Balaban J connectivity index is 1.87. The zero-order valence-electron chi connectivity index (χ0n) is 16.5. The first kappa shape index (κ1) is 18.1. The largest absolute Gasteiger partial charge is 0.546 e. The third-order valence-corrected chi connectivity index (χ3v) is 8.15. The van der Waals surface area contributed by atoms with Crippen LogP contribution in [0.25, 0.3) is 0 Å². The predicted octanol–water partition coefficient (Wildman–Crippen LogP) is 6.58. The van der Waals surface area contributed by atoms with Gasteiger partial charge in [-0.25, -0.2) is 0 Å². The average Bonchev–Trinajstić information content (AvgIpc) is 2.46. The molecule has 5 rings (SSSR count). The van der Waals surface area contributed by atoms with Crippen molar-refractivity contribution in [2.45, 2.75) is 83.2 Å². The molecule has 1 aromatic carbocycles. The lowest BCUT2D eigenvalue weighted by Crippen LogP contribution is -2.49. The van der Waals surface area contributed by atoms with Gasteiger partial charge in [0, 0.05) is 5.56 Å². The maximum atomic E-state index is 6.50. The summed E-state index contributed by atoms with van der Waals surface area (Å²) in [6, 6.07) is 4.72. The van der Waals surface area contributed by atoms with Crippen molar-refractivity contribution in [3.05, 3.63) is 27.7 Å². The molecule has 0 radical (unpaired) electrons. The van der Waals surface area contributed by atoms with Crippen LogP contribution in [0.4, 0.5) is 0 Å². The van der Waals surface area contributed by atoms with Gasteiger partial charge in [0.15, 0.2) is 0 Å². The molecule has 1 nitrogen and oxygen atoms in total. The fraction of sp³-hybridized carbons (Fsp3) is 0.727. The normalized spacial score (nSPS) is 34.0. The van der Waals surface area contributed by atoms with Crippen molar-refractivity contribution in [2.24, 2.45) is 17.8 Å². The van der Waals surface area contributed by atoms with E-state index in [0.717, 1.165) is 28.0 Å². The van der Waals surface area contributed by atoms with Crippen molar-refractivity contribution in [3.63, 3.8) is 0 Å². The Morgan fingerprint density at radius 3 is 1.96 bits per heavy atom. The van der Waals surface area contributed by atoms with Crippen LogP contribution >= 0.6 is 15.9 Å². The van der Waals surface area contributed by atoms with Crippen molar-refractivity contribution in [2.75, 3.05) is 0 Å². The van der Waals surface area contributed by atoms with Gasteiger partial charge in [-0.05, 0) is 108 Å². The molecule has 0 amide bonds. The molecule has 4 saturated carbocycles. The van der Waals surface area contributed by atoms with Gasteiger partial charge in [0.25, 0.3) is 0 Å². The highest BCUT2D eigenvalue weighted by molar-refractivity contribution is 9.10. The van der Waals surface area contributed by atoms with Crippen molar-refractivity contribution >= 4 is 25.0 Å². The smallest absolute Gasteiger partial charge is 0.229 e. The van der Waals surface area contributed by atoms with Crippen LogP contribution in [0, 0.1) is 17.8 Å². The maximum Gasteiger partial charge on any atom is 0.229 e. The monoisotopic (exact) mass is 420 g/mol. The van der Waals surface area contributed by atoms with Gasteiger partial charge in [0.05, 0.1) is 4.47 Å². The van der Waals surface area contributed by atoms with Crippen LogP contribution in [0.15, 0.2) is 16.6 Å². The molecule has 0 unspecified atom stereocenters. The second-order valence-corrected chi connectivity index (χ2v) is 13.6. The van der Waals surface area contributed by atoms with Gasteiger partial charge in [0.1, 0.15) is 5.75 Å². The highest BCUT2D eigenvalue weighted by atomic mass is 79.9. The molecular weight excluding hydrogens is 388 g/mol. The first-order valence-corrected chi connectivity index (χ1v) is 13.8. The van der Waals surface area contributed by atoms with E-state index in [1.54, 1.807) is 5.56 Å². The summed E-state index contributed by atoms with van der Waals surface area (Å²) in [7, 11) is -1.15. The van der Waals surface area contributed by atoms with Gasteiger partial charge in [-0.2, -0.15) is 0 Å². The van der Waals surface area contributed by atoms with Crippen LogP contribution in [0.3, 0.4) is 0 Å². The van der Waals surface area contributed by atoms with Crippen LogP contribution in [-0.4, -0.2) is 9.04 Å². The molecule has 25 heavy (non-hydrogen) atoms. The Morgan fingerprint density at radius 2 is 1.52 bits per heavy atom. The van der Waals surface area contributed by atoms with Gasteiger partial charge in [-0.1, -0.05) is 26.8 Å². The highest BCUT2D eigenvalue weighted by Gasteiger charge is 2.53. The summed E-state index contributed by atoms with van der Waals surface area (Å²) in [6.45, 7) is 11.7. The van der Waals surface area contributed by atoms with Crippen molar-refractivity contribution in [1.29, 1.82) is 0 Å². The molecule has 4 fully saturated rings. The SMILES string of the molecule is C[SiH](C)Oc1c(Br)ccc(C23CC4CC(CC(C4)C2)C3)c1C(C)(C)C. The van der Waals surface area contributed by atoms with Crippen LogP contribution in [0.5, 0.6) is 5.75 Å². The summed E-state index contributed by atoms with van der Waals surface area (Å²) in [5.74, 6) is 4.09. The van der Waals surface area contributed by atoms with E-state index < -0.39 is 9.04 Å². The molecule has 4 aliphatic carbocycles. The van der Waals surface area contributed by atoms with Gasteiger partial charge >= 0.3 is 0 Å². The standard InChI is InChI=1S/C22H33BrOSi/c1-21(2,3)19-17(6-7-18(23)20(19)24-25(4)5)22-11-14-8-15(12-22)10-16(9-14)13-22/h6-7,14-16,25H,8-13H2,1-5H3. The minimum Gasteiger partial charge on any atom is -0.546 e. The Bertz CT molecular complexity index is 638. The van der Waals surface area contributed by atoms with E-state index in [0.29, 0.717) is 5.41 Å². The third-order valence-electron chi connectivity index (χ3n) is 6.82. The number of halogens is 1. The lowest BCUT2D eigenvalue weighted by molar-refractivity contribution is -0.00602. The number of benzene rings is 1. The number of hydrogen-bond donors (Lipinski definition) is 0. The molecule has 0 heterocycles. The Morgan fingerprint density at radius 1 is 1.00 bits per heavy atom. The first-order chi connectivity index (χ1) is 11.7. The minimum atomic E-state index is -1.15. The molecule has 0 N–H and O–H groups in total. The molecular formula is C22H33BrOSi. The summed E-state index contributed by atoms with van der Waals surface area (Å²) in [6.07, 6.45) is 8.77. The molecule has 138 valence electrons. The number of rotatable bonds is 3. The summed E-state index contributed by atoms with van der Waals surface area (Å²) in [5, 5.41) is 0. The molecule has 0 aromatic heterocycles. The Kier molecular flexibility index (Phi) is 4.43. The quantitative estimate of drug-likeness (QED) is 0.501. The highest BCUT2D eigenvalue weighted by Crippen LogP contribution is 2.62. The van der Waals surface area contributed by atoms with E-state index in [-0.39, 0.29) is 5.41 Å². The molecule has 4 bridgehead atoms. The lowest BCUT2D eigenvalue weighted by atomic mass is 9.47. The van der Waals surface area contributed by atoms with Crippen molar-refractivity contribution in [3.8, 4) is 5.75 Å². The van der Waals surface area contributed by atoms with E-state index in [1.165, 1.54) is 44.1 Å². The molecule has 4 aliphatic rings. The molecule has 1 aromatic rings. The second kappa shape index (κ2) is 6.12. The second-order valence-electron chi connectivity index (χ2n) is 10.4. The third kappa shape index (κ3) is 3.14. The Hall–Kier alpha value is -0.283. The summed E-state index contributed by atoms with van der Waals surface area (Å²) >= 11 is 3.81. The van der Waals surface area contributed by atoms with E-state index in [1.807, 2.05) is 0 Å². The van der Waals surface area contributed by atoms with Crippen LogP contribution in [0.2, 0.25) is 13.1 Å². The Labute approximate surface area is 163 Å². The van der Waals surface area contributed by atoms with Gasteiger partial charge in [-0.3, -0.25) is 0 Å². The fourth-order valence-corrected chi connectivity index (χ4v) is 7.85. The maximum absolute atomic E-state index is 6.50. The fourth-order valence-electron chi connectivity index (χ4n) is 6.54. The summed E-state index contributed by atoms with van der Waals surface area (Å²) in [4.78, 5) is 0. The van der Waals surface area contributed by atoms with E-state index in [2.05, 4.69) is 61.9 Å². The van der Waals surface area contributed by atoms with E-state index in [4.69, 9.17) is 4.43 Å². The summed E-state index contributed by atoms with van der Waals surface area (Å²) < 4.78 is 7.64. The first-order valence-electron chi connectivity index (χ1n) is 10.2. The zero-order valence-corrected chi connectivity index (χ0v) is 19.2. The molecule has 0 aliphatic heterocycles. The van der Waals surface area contributed by atoms with Gasteiger partial charge in [-0.15, -0.1) is 0 Å². The molecule has 0 spiro atoms. The van der Waals surface area contributed by atoms with Gasteiger partial charge in [0.2, 0.25) is 9.04 Å². The van der Waals surface area contributed by atoms with Crippen LogP contribution < -0.4 is 4.43 Å². The van der Waals surface area contributed by atoms with Gasteiger partial charge < -0.3 is 4.43 Å². The van der Waals surface area contributed by atoms with E-state index in [9.17, 15) is 0 Å². The molecule has 3 heteroatoms. The predicted molar refractivity (Wildman–Crippen MR) is 112 cm³/mol. The molecule has 0 atom stereocenters. The lowest BCUT2D eigenvalue weighted by Gasteiger charge is -2.58. The van der Waals surface area contributed by atoms with E-state index >= 15 is 0 Å². The van der Waals surface area contributed by atoms with Crippen molar-refractivity contribution in [1.82, 2.24) is 0 Å². The van der Waals surface area contributed by atoms with Crippen LogP contribution in [0.1, 0.15) is 70.4 Å². The minimum absolute atomic E-state index is 0.112. The zero-order chi connectivity index (χ0) is 18.0. The van der Waals surface area contributed by atoms with Crippen LogP contribution in [-0.2, 0) is 10.8 Å². The topological polar surface area (TPSA) is 9.23 Å². The van der Waals surface area contributed by atoms with Crippen molar-refractivity contribution < 1.29 is 4.43 Å².